The van der Waals surface area contributed by atoms with Gasteiger partial charge in [0.2, 0.25) is 0 Å². The van der Waals surface area contributed by atoms with E-state index in [-0.39, 0.29) is 5.69 Å². The summed E-state index contributed by atoms with van der Waals surface area (Å²) in [6.45, 7) is 5.07. The van der Waals surface area contributed by atoms with Gasteiger partial charge in [0.05, 0.1) is 17.9 Å². The van der Waals surface area contributed by atoms with Crippen molar-refractivity contribution < 1.29 is 0 Å². The summed E-state index contributed by atoms with van der Waals surface area (Å²) in [6, 6.07) is 1.96. The fourth-order valence-electron chi connectivity index (χ4n) is 1.91. The molecule has 7 heteroatoms. The highest BCUT2D eigenvalue weighted by Gasteiger charge is 2.08. The maximum atomic E-state index is 11.7. The molecule has 0 aliphatic heterocycles. The first-order valence-corrected chi connectivity index (χ1v) is 6.20. The highest BCUT2D eigenvalue weighted by Crippen LogP contribution is 2.07. The zero-order chi connectivity index (χ0) is 14.0. The number of nitrogens with one attached hydrogen (secondary N) is 1. The van der Waals surface area contributed by atoms with E-state index in [9.17, 15) is 9.59 Å². The van der Waals surface area contributed by atoms with Crippen LogP contribution < -0.4 is 17.0 Å². The van der Waals surface area contributed by atoms with E-state index < -0.39 is 11.2 Å². The van der Waals surface area contributed by atoms with Gasteiger partial charge in [-0.3, -0.25) is 19.0 Å². The van der Waals surface area contributed by atoms with Crippen molar-refractivity contribution >= 4 is 5.69 Å². The number of nitrogens with zero attached hydrogens (tertiary/aromatic N) is 3. The Morgan fingerprint density at radius 1 is 1.37 bits per heavy atom. The van der Waals surface area contributed by atoms with Crippen LogP contribution in [0.1, 0.15) is 25.2 Å². The minimum atomic E-state index is -0.556. The fraction of sp³-hybridized carbons (Fsp3) is 0.417. The van der Waals surface area contributed by atoms with Crippen molar-refractivity contribution in [2.75, 3.05) is 5.73 Å². The minimum Gasteiger partial charge on any atom is -0.393 e. The Hall–Kier alpha value is -2.31. The molecule has 0 fully saturated rings. The van der Waals surface area contributed by atoms with Crippen molar-refractivity contribution in [2.24, 2.45) is 0 Å². The molecule has 0 atom stereocenters. The number of anilines is 1. The molecule has 0 unspecified atom stereocenters. The monoisotopic (exact) mass is 263 g/mol. The molecule has 0 saturated heterocycles. The van der Waals surface area contributed by atoms with Crippen molar-refractivity contribution in [1.82, 2.24) is 19.3 Å². The average molecular weight is 263 g/mol. The second-order valence-corrected chi connectivity index (χ2v) is 4.27. The largest absolute Gasteiger partial charge is 0.393 e. The Labute approximate surface area is 109 Å². The van der Waals surface area contributed by atoms with Gasteiger partial charge >= 0.3 is 5.69 Å². The van der Waals surface area contributed by atoms with Gasteiger partial charge in [0.15, 0.2) is 0 Å². The summed E-state index contributed by atoms with van der Waals surface area (Å²) in [5.74, 6) is 0. The van der Waals surface area contributed by atoms with Gasteiger partial charge < -0.3 is 5.73 Å². The van der Waals surface area contributed by atoms with E-state index in [0.717, 1.165) is 24.4 Å². The SMILES string of the molecule is CCc1cc(Cn2cc(N)c(=O)[nH]c2=O)n(CC)n1. The van der Waals surface area contributed by atoms with Crippen molar-refractivity contribution in [3.8, 4) is 0 Å². The van der Waals surface area contributed by atoms with Crippen molar-refractivity contribution in [1.29, 1.82) is 0 Å². The van der Waals surface area contributed by atoms with E-state index in [1.165, 1.54) is 10.8 Å². The molecule has 0 saturated carbocycles. The Balaban J connectivity index is 2.41. The van der Waals surface area contributed by atoms with Gasteiger partial charge in [0.1, 0.15) is 5.69 Å². The van der Waals surface area contributed by atoms with Gasteiger partial charge in [0.25, 0.3) is 5.56 Å². The number of nitrogens with two attached hydrogens (primary N) is 1. The van der Waals surface area contributed by atoms with Crippen molar-refractivity contribution in [3.05, 3.63) is 44.5 Å². The zero-order valence-electron chi connectivity index (χ0n) is 11.0. The van der Waals surface area contributed by atoms with Crippen molar-refractivity contribution in [3.63, 3.8) is 0 Å². The van der Waals surface area contributed by atoms with Crippen LogP contribution in [0.3, 0.4) is 0 Å². The molecule has 2 aromatic rings. The highest BCUT2D eigenvalue weighted by atomic mass is 16.2. The maximum Gasteiger partial charge on any atom is 0.328 e. The quantitative estimate of drug-likeness (QED) is 0.807. The molecule has 3 N–H and O–H groups in total. The van der Waals surface area contributed by atoms with Gasteiger partial charge in [-0.1, -0.05) is 6.92 Å². The van der Waals surface area contributed by atoms with Crippen LogP contribution >= 0.6 is 0 Å². The van der Waals surface area contributed by atoms with Crippen LogP contribution in [0.15, 0.2) is 21.9 Å². The standard InChI is InChI=1S/C12H17N5O2/c1-3-8-5-9(17(4-2)15-8)6-16-7-10(13)11(18)14-12(16)19/h5,7H,3-4,6,13H2,1-2H3,(H,14,18,19). The lowest BCUT2D eigenvalue weighted by atomic mass is 10.3. The molecular weight excluding hydrogens is 246 g/mol. The molecule has 2 aromatic heterocycles. The van der Waals surface area contributed by atoms with Crippen LogP contribution in [0.4, 0.5) is 5.69 Å². The number of hydrogen-bond acceptors (Lipinski definition) is 4. The number of hydrogen-bond donors (Lipinski definition) is 2. The normalized spacial score (nSPS) is 10.8. The van der Waals surface area contributed by atoms with Crippen LogP contribution in [-0.4, -0.2) is 19.3 Å². The third-order valence-corrected chi connectivity index (χ3v) is 2.95. The first-order chi connectivity index (χ1) is 9.05. The number of rotatable bonds is 4. The first kappa shape index (κ1) is 13.1. The molecule has 0 radical (unpaired) electrons. The third kappa shape index (κ3) is 2.59. The summed E-state index contributed by atoms with van der Waals surface area (Å²) in [5, 5.41) is 4.41. The highest BCUT2D eigenvalue weighted by molar-refractivity contribution is 5.30. The predicted molar refractivity (Wildman–Crippen MR) is 72.1 cm³/mol. The van der Waals surface area contributed by atoms with E-state index in [1.54, 1.807) is 0 Å². The molecular formula is C12H17N5O2. The lowest BCUT2D eigenvalue weighted by molar-refractivity contribution is 0.585. The molecule has 19 heavy (non-hydrogen) atoms. The lowest BCUT2D eigenvalue weighted by Gasteiger charge is -2.07. The summed E-state index contributed by atoms with van der Waals surface area (Å²) in [6.07, 6.45) is 2.20. The summed E-state index contributed by atoms with van der Waals surface area (Å²) in [5.41, 5.74) is 6.40. The molecule has 2 heterocycles. The van der Waals surface area contributed by atoms with Crippen LogP contribution in [0.25, 0.3) is 0 Å². The molecule has 0 spiro atoms. The molecule has 7 nitrogen and oxygen atoms in total. The fourth-order valence-corrected chi connectivity index (χ4v) is 1.91. The molecule has 0 aliphatic rings. The van der Waals surface area contributed by atoms with Crippen LogP contribution in [0, 0.1) is 0 Å². The van der Waals surface area contributed by atoms with E-state index in [0.29, 0.717) is 6.54 Å². The number of aryl methyl sites for hydroxylation is 2. The Bertz CT molecular complexity index is 695. The smallest absolute Gasteiger partial charge is 0.328 e. The van der Waals surface area contributed by atoms with Crippen LogP contribution in [0.5, 0.6) is 0 Å². The Morgan fingerprint density at radius 3 is 2.74 bits per heavy atom. The summed E-state index contributed by atoms with van der Waals surface area (Å²) < 4.78 is 3.21. The molecule has 0 bridgehead atoms. The third-order valence-electron chi connectivity index (χ3n) is 2.95. The second-order valence-electron chi connectivity index (χ2n) is 4.27. The summed E-state index contributed by atoms with van der Waals surface area (Å²) >= 11 is 0. The summed E-state index contributed by atoms with van der Waals surface area (Å²) in [7, 11) is 0. The van der Waals surface area contributed by atoms with Gasteiger partial charge in [-0.05, 0) is 19.4 Å². The summed E-state index contributed by atoms with van der Waals surface area (Å²) in [4.78, 5) is 25.1. The minimum absolute atomic E-state index is 0.0258. The van der Waals surface area contributed by atoms with Gasteiger partial charge in [-0.15, -0.1) is 0 Å². The topological polar surface area (TPSA) is 98.7 Å². The van der Waals surface area contributed by atoms with Crippen molar-refractivity contribution in [2.45, 2.75) is 33.4 Å². The lowest BCUT2D eigenvalue weighted by Crippen LogP contribution is -2.31. The molecule has 0 amide bonds. The molecule has 0 aliphatic carbocycles. The van der Waals surface area contributed by atoms with E-state index in [1.807, 2.05) is 24.6 Å². The van der Waals surface area contributed by atoms with E-state index in [4.69, 9.17) is 5.73 Å². The van der Waals surface area contributed by atoms with Crippen LogP contribution in [-0.2, 0) is 19.5 Å². The number of aromatic nitrogens is 4. The Kier molecular flexibility index (Phi) is 3.55. The Morgan fingerprint density at radius 2 is 2.11 bits per heavy atom. The van der Waals surface area contributed by atoms with Gasteiger partial charge in [0, 0.05) is 12.7 Å². The van der Waals surface area contributed by atoms with E-state index in [2.05, 4.69) is 10.1 Å². The molecule has 102 valence electrons. The van der Waals surface area contributed by atoms with E-state index >= 15 is 0 Å². The van der Waals surface area contributed by atoms with Gasteiger partial charge in [-0.25, -0.2) is 4.79 Å². The second kappa shape index (κ2) is 5.13. The number of aromatic amines is 1. The maximum absolute atomic E-state index is 11.7. The first-order valence-electron chi connectivity index (χ1n) is 6.20. The molecule has 2 rings (SSSR count). The number of H-pyrrole nitrogens is 1. The van der Waals surface area contributed by atoms with Crippen LogP contribution in [0.2, 0.25) is 0 Å². The number of nitrogen functional groups attached to an aromatic ring is 1. The van der Waals surface area contributed by atoms with Gasteiger partial charge in [-0.2, -0.15) is 5.10 Å². The zero-order valence-corrected chi connectivity index (χ0v) is 11.0. The molecule has 0 aromatic carbocycles. The predicted octanol–water partition coefficient (Wildman–Crippen LogP) is -0.0541. The average Bonchev–Trinajstić information content (AvgIpc) is 2.78.